The van der Waals surface area contributed by atoms with E-state index in [1.165, 1.54) is 6.29 Å². The van der Waals surface area contributed by atoms with Crippen LogP contribution < -0.4 is 0 Å². The van der Waals surface area contributed by atoms with Crippen molar-refractivity contribution in [3.63, 3.8) is 0 Å². The minimum atomic E-state index is -1.28. The molecular weight excluding hydrogens is 172 g/mol. The number of carboxylic acid groups (broad SMARTS) is 1. The van der Waals surface area contributed by atoms with Crippen molar-refractivity contribution in [3.05, 3.63) is 11.1 Å². The number of rotatable bonds is 4. The predicted octanol–water partition coefficient (Wildman–Crippen LogP) is 0.263. The van der Waals surface area contributed by atoms with Crippen LogP contribution in [0.1, 0.15) is 6.42 Å². The highest BCUT2D eigenvalue weighted by molar-refractivity contribution is 6.44. The lowest BCUT2D eigenvalue weighted by molar-refractivity contribution is -0.139. The van der Waals surface area contributed by atoms with Crippen molar-refractivity contribution in [2.45, 2.75) is 6.42 Å². The predicted molar refractivity (Wildman–Crippen MR) is 36.9 cm³/mol. The molecule has 0 unspecified atom stereocenters. The Bertz CT molecular complexity index is 219. The van der Waals surface area contributed by atoms with Gasteiger partial charge in [0.05, 0.1) is 5.03 Å². The van der Waals surface area contributed by atoms with Gasteiger partial charge in [0.2, 0.25) is 6.29 Å². The van der Waals surface area contributed by atoms with Crippen molar-refractivity contribution in [3.8, 4) is 0 Å². The molecule has 0 saturated carbocycles. The summed E-state index contributed by atoms with van der Waals surface area (Å²) in [5, 5.41) is 7.68. The first-order valence-corrected chi connectivity index (χ1v) is 2.94. The Morgan fingerprint density at radius 3 is 2.45 bits per heavy atom. The van der Waals surface area contributed by atoms with Crippen molar-refractivity contribution in [2.24, 2.45) is 0 Å². The lowest BCUT2D eigenvalue weighted by Crippen LogP contribution is -2.06. The number of carbonyl (C=O) groups is 2. The molecule has 0 aliphatic rings. The fraction of sp³-hybridized carbons (Fsp3) is 0.167. The number of ketones is 1. The van der Waals surface area contributed by atoms with Crippen LogP contribution in [0.15, 0.2) is 11.1 Å². The maximum Gasteiger partial charge on any atom is 0.311 e. The van der Waals surface area contributed by atoms with Gasteiger partial charge in [-0.1, -0.05) is 11.6 Å². The van der Waals surface area contributed by atoms with E-state index in [1.54, 1.807) is 0 Å². The quantitative estimate of drug-likeness (QED) is 0.492. The largest absolute Gasteiger partial charge is 0.481 e. The van der Waals surface area contributed by atoms with Gasteiger partial charge in [0.1, 0.15) is 6.42 Å². The Kier molecular flexibility index (Phi) is 4.14. The first kappa shape index (κ1) is 9.84. The van der Waals surface area contributed by atoms with E-state index in [1.807, 2.05) is 0 Å². The highest BCUT2D eigenvalue weighted by Crippen LogP contribution is 2.03. The van der Waals surface area contributed by atoms with Gasteiger partial charge in [0, 0.05) is 6.08 Å². The summed E-state index contributed by atoms with van der Waals surface area (Å²) >= 11 is 5.16. The number of carboxylic acids is 1. The minimum absolute atomic E-state index is 0.414. The third kappa shape index (κ3) is 4.27. The number of hydrogen-bond donors (Lipinski definition) is 1. The van der Waals surface area contributed by atoms with E-state index in [2.05, 4.69) is 0 Å². The summed E-state index contributed by atoms with van der Waals surface area (Å²) in [7, 11) is 0. The van der Waals surface area contributed by atoms with E-state index in [9.17, 15) is 14.4 Å². The van der Waals surface area contributed by atoms with Gasteiger partial charge in [-0.3, -0.25) is 14.4 Å². The number of halogens is 1. The topological polar surface area (TPSA) is 71.4 Å². The lowest BCUT2D eigenvalue weighted by atomic mass is 10.2. The van der Waals surface area contributed by atoms with Gasteiger partial charge in [-0.25, -0.2) is 0 Å². The summed E-state index contributed by atoms with van der Waals surface area (Å²) in [5.41, 5.74) is 0. The van der Waals surface area contributed by atoms with E-state index in [0.717, 1.165) is 0 Å². The van der Waals surface area contributed by atoms with Gasteiger partial charge >= 0.3 is 5.97 Å². The number of allylic oxidation sites excluding steroid dienone is 2. The molecule has 0 bridgehead atoms. The molecule has 0 aromatic carbocycles. The maximum atomic E-state index is 10.6. The molecule has 0 heterocycles. The molecule has 0 aromatic heterocycles. The maximum absolute atomic E-state index is 10.6. The second kappa shape index (κ2) is 4.62. The zero-order valence-electron chi connectivity index (χ0n) is 5.33. The van der Waals surface area contributed by atoms with Gasteiger partial charge in [-0.2, -0.15) is 0 Å². The average molecular weight is 176 g/mol. The Balaban J connectivity index is 4.14. The smallest absolute Gasteiger partial charge is 0.311 e. The molecule has 1 radical (unpaired) electrons. The van der Waals surface area contributed by atoms with Crippen LogP contribution in [-0.4, -0.2) is 23.1 Å². The number of hydrogen-bond acceptors (Lipinski definition) is 3. The summed E-state index contributed by atoms with van der Waals surface area (Å²) in [6.45, 7) is 0. The van der Waals surface area contributed by atoms with Gasteiger partial charge in [0.15, 0.2) is 5.78 Å². The third-order valence-corrected chi connectivity index (χ3v) is 1.08. The van der Waals surface area contributed by atoms with Crippen molar-refractivity contribution >= 4 is 29.6 Å². The fourth-order valence-corrected chi connectivity index (χ4v) is 0.465. The second-order valence-electron chi connectivity index (χ2n) is 1.60. The molecule has 0 aliphatic heterocycles. The molecular formula is C6H4ClO4. The molecule has 0 fully saturated rings. The molecule has 11 heavy (non-hydrogen) atoms. The van der Waals surface area contributed by atoms with Gasteiger partial charge in [-0.15, -0.1) is 0 Å². The van der Waals surface area contributed by atoms with Crippen LogP contribution >= 0.6 is 11.6 Å². The van der Waals surface area contributed by atoms with Gasteiger partial charge < -0.3 is 5.11 Å². The van der Waals surface area contributed by atoms with Gasteiger partial charge in [-0.05, 0) is 0 Å². The van der Waals surface area contributed by atoms with Crippen LogP contribution in [0.2, 0.25) is 0 Å². The fourth-order valence-electron chi connectivity index (χ4n) is 0.354. The van der Waals surface area contributed by atoms with Crippen LogP contribution in [0.4, 0.5) is 0 Å². The minimum Gasteiger partial charge on any atom is -0.481 e. The summed E-state index contributed by atoms with van der Waals surface area (Å²) in [5.74, 6) is -2.09. The molecule has 0 rings (SSSR count). The van der Waals surface area contributed by atoms with Gasteiger partial charge in [0.25, 0.3) is 0 Å². The van der Waals surface area contributed by atoms with Crippen molar-refractivity contribution in [1.29, 1.82) is 0 Å². The SMILES string of the molecule is O=[C]/C=C(/Cl)C(=O)CC(=O)O. The zero-order valence-corrected chi connectivity index (χ0v) is 6.09. The highest BCUT2D eigenvalue weighted by atomic mass is 35.5. The number of Topliss-reactive ketones (excluding diaryl/α,β-unsaturated/α-hetero) is 1. The molecule has 0 spiro atoms. The zero-order chi connectivity index (χ0) is 8.85. The van der Waals surface area contributed by atoms with Crippen LogP contribution in [0, 0.1) is 0 Å². The lowest BCUT2D eigenvalue weighted by Gasteiger charge is -1.90. The van der Waals surface area contributed by atoms with E-state index in [4.69, 9.17) is 16.7 Å². The highest BCUT2D eigenvalue weighted by Gasteiger charge is 2.10. The molecule has 0 aromatic rings. The average Bonchev–Trinajstić information content (AvgIpc) is 1.86. The Morgan fingerprint density at radius 2 is 2.09 bits per heavy atom. The van der Waals surface area contributed by atoms with E-state index < -0.39 is 23.2 Å². The van der Waals surface area contributed by atoms with E-state index in [0.29, 0.717) is 6.08 Å². The summed E-state index contributed by atoms with van der Waals surface area (Å²) < 4.78 is 0. The summed E-state index contributed by atoms with van der Waals surface area (Å²) in [6, 6.07) is 0. The standard InChI is InChI=1S/C6H4ClO4/c7-4(1-2-8)5(9)3-6(10)11/h1H,3H2,(H,10,11)/b4-1+. The Labute approximate surface area is 67.5 Å². The van der Waals surface area contributed by atoms with Crippen LogP contribution in [0.3, 0.4) is 0 Å². The van der Waals surface area contributed by atoms with Crippen LogP contribution in [0.25, 0.3) is 0 Å². The molecule has 0 amide bonds. The summed E-state index contributed by atoms with van der Waals surface area (Å²) in [6.07, 6.45) is 1.24. The monoisotopic (exact) mass is 175 g/mol. The molecule has 5 heteroatoms. The van der Waals surface area contributed by atoms with Crippen molar-refractivity contribution in [1.82, 2.24) is 0 Å². The molecule has 0 atom stereocenters. The second-order valence-corrected chi connectivity index (χ2v) is 2.01. The first-order valence-electron chi connectivity index (χ1n) is 2.56. The van der Waals surface area contributed by atoms with Crippen LogP contribution in [-0.2, 0) is 14.4 Å². The molecule has 0 saturated heterocycles. The molecule has 1 N–H and O–H groups in total. The summed E-state index contributed by atoms with van der Waals surface area (Å²) in [4.78, 5) is 30.1. The van der Waals surface area contributed by atoms with E-state index >= 15 is 0 Å². The Hall–Kier alpha value is -1.16. The van der Waals surface area contributed by atoms with Crippen molar-refractivity contribution < 1.29 is 19.5 Å². The van der Waals surface area contributed by atoms with E-state index in [-0.39, 0.29) is 0 Å². The molecule has 4 nitrogen and oxygen atoms in total. The third-order valence-electron chi connectivity index (χ3n) is 0.764. The number of carbonyl (C=O) groups excluding carboxylic acids is 2. The van der Waals surface area contributed by atoms with Crippen molar-refractivity contribution in [2.75, 3.05) is 0 Å². The Morgan fingerprint density at radius 1 is 1.55 bits per heavy atom. The number of aliphatic carboxylic acids is 1. The molecule has 59 valence electrons. The first-order chi connectivity index (χ1) is 5.07. The van der Waals surface area contributed by atoms with Crippen LogP contribution in [0.5, 0.6) is 0 Å². The normalized spacial score (nSPS) is 10.8. The molecule has 0 aliphatic carbocycles.